The molecule has 31 heavy (non-hydrogen) atoms. The summed E-state index contributed by atoms with van der Waals surface area (Å²) in [7, 11) is 0. The SMILES string of the molecule is CCCCOC(=O)N1C[C@H](C(=O)OCC)[C@H]2c3ccccc3N(CC3CC3)C(=O)[C@]21C. The second-order valence-corrected chi connectivity index (χ2v) is 8.98. The molecule has 0 spiro atoms. The summed E-state index contributed by atoms with van der Waals surface area (Å²) in [5.74, 6) is -1.10. The van der Waals surface area contributed by atoms with Gasteiger partial charge in [0, 0.05) is 24.7 Å². The predicted octanol–water partition coefficient (Wildman–Crippen LogP) is 3.72. The van der Waals surface area contributed by atoms with Crippen LogP contribution in [0.25, 0.3) is 0 Å². The topological polar surface area (TPSA) is 76.2 Å². The molecule has 0 aromatic heterocycles. The van der Waals surface area contributed by atoms with Crippen LogP contribution in [0.2, 0.25) is 0 Å². The molecule has 3 atom stereocenters. The number of amides is 2. The van der Waals surface area contributed by atoms with Gasteiger partial charge >= 0.3 is 12.1 Å². The molecule has 1 aromatic rings. The summed E-state index contributed by atoms with van der Waals surface area (Å²) in [6, 6.07) is 7.76. The minimum Gasteiger partial charge on any atom is -0.466 e. The lowest BCUT2D eigenvalue weighted by atomic mass is 9.72. The molecule has 0 N–H and O–H groups in total. The van der Waals surface area contributed by atoms with E-state index in [1.54, 1.807) is 13.8 Å². The predicted molar refractivity (Wildman–Crippen MR) is 116 cm³/mol. The van der Waals surface area contributed by atoms with Crippen LogP contribution in [0.1, 0.15) is 57.9 Å². The lowest BCUT2D eigenvalue weighted by Gasteiger charge is -2.46. The molecule has 3 aliphatic rings. The van der Waals surface area contributed by atoms with Gasteiger partial charge in [-0.25, -0.2) is 4.79 Å². The zero-order valence-electron chi connectivity index (χ0n) is 18.6. The molecule has 1 aromatic carbocycles. The van der Waals surface area contributed by atoms with Gasteiger partial charge in [0.25, 0.3) is 5.91 Å². The molecule has 168 valence electrons. The molecule has 1 saturated carbocycles. The standard InChI is InChI=1S/C24H32N2O5/c1-4-6-13-31-23(29)26-15-18(21(27)30-5-2)20-17-9-7-8-10-19(17)25(14-16-11-12-16)22(28)24(20,26)3/h7-10,16,18,20H,4-6,11-15H2,1-3H3/t18-,20+,24-/m0/s1. The number of ether oxygens (including phenoxy) is 2. The second-order valence-electron chi connectivity index (χ2n) is 8.98. The van der Waals surface area contributed by atoms with E-state index in [1.807, 2.05) is 36.1 Å². The number of likely N-dealkylation sites (tertiary alicyclic amines) is 1. The van der Waals surface area contributed by atoms with Crippen LogP contribution in [0, 0.1) is 11.8 Å². The molecular weight excluding hydrogens is 396 g/mol. The molecule has 2 aliphatic heterocycles. The molecule has 1 saturated heterocycles. The number of benzene rings is 1. The van der Waals surface area contributed by atoms with E-state index < -0.39 is 23.5 Å². The van der Waals surface area contributed by atoms with Crippen LogP contribution in [-0.4, -0.2) is 54.7 Å². The highest BCUT2D eigenvalue weighted by Gasteiger charge is 2.64. The van der Waals surface area contributed by atoms with E-state index in [1.165, 1.54) is 4.90 Å². The Bertz CT molecular complexity index is 867. The summed E-state index contributed by atoms with van der Waals surface area (Å²) >= 11 is 0. The normalized spacial score (nSPS) is 27.0. The number of carbonyl (C=O) groups is 3. The molecule has 7 heteroatoms. The third kappa shape index (κ3) is 3.68. The van der Waals surface area contributed by atoms with Crippen molar-refractivity contribution in [1.82, 2.24) is 4.90 Å². The Morgan fingerprint density at radius 2 is 1.90 bits per heavy atom. The number of para-hydroxylation sites is 1. The molecule has 0 unspecified atom stereocenters. The van der Waals surface area contributed by atoms with Crippen molar-refractivity contribution in [1.29, 1.82) is 0 Å². The van der Waals surface area contributed by atoms with Crippen molar-refractivity contribution in [3.8, 4) is 0 Å². The van der Waals surface area contributed by atoms with Crippen LogP contribution in [0.5, 0.6) is 0 Å². The smallest absolute Gasteiger partial charge is 0.410 e. The van der Waals surface area contributed by atoms with Crippen LogP contribution in [0.4, 0.5) is 10.5 Å². The van der Waals surface area contributed by atoms with E-state index >= 15 is 0 Å². The van der Waals surface area contributed by atoms with Gasteiger partial charge in [-0.3, -0.25) is 14.5 Å². The summed E-state index contributed by atoms with van der Waals surface area (Å²) < 4.78 is 10.9. The van der Waals surface area contributed by atoms with Crippen LogP contribution in [-0.2, 0) is 19.1 Å². The highest BCUT2D eigenvalue weighted by molar-refractivity contribution is 6.07. The fourth-order valence-corrected chi connectivity index (χ4v) is 5.04. The van der Waals surface area contributed by atoms with Crippen molar-refractivity contribution < 1.29 is 23.9 Å². The van der Waals surface area contributed by atoms with Gasteiger partial charge in [0.15, 0.2) is 0 Å². The maximum absolute atomic E-state index is 13.9. The Labute approximate surface area is 183 Å². The number of esters is 1. The monoisotopic (exact) mass is 428 g/mol. The minimum atomic E-state index is -1.19. The highest BCUT2D eigenvalue weighted by atomic mass is 16.6. The summed E-state index contributed by atoms with van der Waals surface area (Å²) in [5, 5.41) is 0. The second kappa shape index (κ2) is 8.52. The maximum atomic E-state index is 13.9. The fraction of sp³-hybridized carbons (Fsp3) is 0.625. The van der Waals surface area contributed by atoms with Gasteiger partial charge in [0.1, 0.15) is 5.54 Å². The number of nitrogens with zero attached hydrogens (tertiary/aromatic N) is 2. The van der Waals surface area contributed by atoms with E-state index in [4.69, 9.17) is 9.47 Å². The van der Waals surface area contributed by atoms with Gasteiger partial charge in [0.2, 0.25) is 0 Å². The van der Waals surface area contributed by atoms with Crippen LogP contribution in [0.3, 0.4) is 0 Å². The van der Waals surface area contributed by atoms with Gasteiger partial charge in [-0.2, -0.15) is 0 Å². The fourth-order valence-electron chi connectivity index (χ4n) is 5.04. The van der Waals surface area contributed by atoms with Crippen molar-refractivity contribution in [2.24, 2.45) is 11.8 Å². The number of hydrogen-bond donors (Lipinski definition) is 0. The Morgan fingerprint density at radius 3 is 2.58 bits per heavy atom. The first-order valence-corrected chi connectivity index (χ1v) is 11.4. The van der Waals surface area contributed by atoms with Gasteiger partial charge < -0.3 is 14.4 Å². The molecular formula is C24H32N2O5. The quantitative estimate of drug-likeness (QED) is 0.489. The average molecular weight is 429 g/mol. The Kier molecular flexibility index (Phi) is 5.95. The third-order valence-corrected chi connectivity index (χ3v) is 6.86. The first-order chi connectivity index (χ1) is 14.9. The first kappa shape index (κ1) is 21.7. The van der Waals surface area contributed by atoms with E-state index in [0.717, 1.165) is 36.9 Å². The largest absolute Gasteiger partial charge is 0.466 e. The van der Waals surface area contributed by atoms with Gasteiger partial charge in [-0.15, -0.1) is 0 Å². The van der Waals surface area contributed by atoms with E-state index in [2.05, 4.69) is 0 Å². The van der Waals surface area contributed by atoms with Crippen molar-refractivity contribution in [3.05, 3.63) is 29.8 Å². The van der Waals surface area contributed by atoms with Gasteiger partial charge in [-0.05, 0) is 50.7 Å². The number of fused-ring (bicyclic) bond motifs is 3. The zero-order chi connectivity index (χ0) is 22.2. The number of unbranched alkanes of at least 4 members (excludes halogenated alkanes) is 1. The number of anilines is 1. The Morgan fingerprint density at radius 1 is 1.16 bits per heavy atom. The lowest BCUT2D eigenvalue weighted by molar-refractivity contribution is -0.148. The molecule has 2 fully saturated rings. The van der Waals surface area contributed by atoms with Gasteiger partial charge in [0.05, 0.1) is 19.1 Å². The summed E-state index contributed by atoms with van der Waals surface area (Å²) in [4.78, 5) is 43.3. The van der Waals surface area contributed by atoms with Crippen LogP contribution < -0.4 is 4.90 Å². The molecule has 0 radical (unpaired) electrons. The zero-order valence-corrected chi connectivity index (χ0v) is 18.6. The van der Waals surface area contributed by atoms with Crippen molar-refractivity contribution in [3.63, 3.8) is 0 Å². The van der Waals surface area contributed by atoms with E-state index in [9.17, 15) is 14.4 Å². The lowest BCUT2D eigenvalue weighted by Crippen LogP contribution is -2.62. The van der Waals surface area contributed by atoms with Crippen LogP contribution in [0.15, 0.2) is 24.3 Å². The van der Waals surface area contributed by atoms with Crippen LogP contribution >= 0.6 is 0 Å². The molecule has 2 amide bonds. The molecule has 1 aliphatic carbocycles. The minimum absolute atomic E-state index is 0.113. The number of carbonyl (C=O) groups excluding carboxylic acids is 3. The van der Waals surface area contributed by atoms with E-state index in [0.29, 0.717) is 19.1 Å². The summed E-state index contributed by atoms with van der Waals surface area (Å²) in [6.07, 6.45) is 3.35. The van der Waals surface area contributed by atoms with Crippen molar-refractivity contribution in [2.45, 2.75) is 57.9 Å². The number of rotatable bonds is 7. The molecule has 2 heterocycles. The third-order valence-electron chi connectivity index (χ3n) is 6.86. The Balaban J connectivity index is 1.77. The van der Waals surface area contributed by atoms with E-state index in [-0.39, 0.29) is 25.0 Å². The summed E-state index contributed by atoms with van der Waals surface area (Å²) in [5.41, 5.74) is 0.578. The maximum Gasteiger partial charge on any atom is 0.410 e. The van der Waals surface area contributed by atoms with Crippen molar-refractivity contribution in [2.75, 3.05) is 31.2 Å². The first-order valence-electron chi connectivity index (χ1n) is 11.4. The Hall–Kier alpha value is -2.57. The molecule has 0 bridgehead atoms. The van der Waals surface area contributed by atoms with Gasteiger partial charge in [-0.1, -0.05) is 31.5 Å². The molecule has 4 rings (SSSR count). The average Bonchev–Trinajstić information content (AvgIpc) is 3.52. The highest BCUT2D eigenvalue weighted by Crippen LogP contribution is 2.54. The number of hydrogen-bond acceptors (Lipinski definition) is 5. The summed E-state index contributed by atoms with van der Waals surface area (Å²) in [6.45, 7) is 6.88. The molecule has 7 nitrogen and oxygen atoms in total. The van der Waals surface area contributed by atoms with Crippen molar-refractivity contribution >= 4 is 23.7 Å².